The molecule has 5 rings (SSSR count). The fourth-order valence-corrected chi connectivity index (χ4v) is 9.98. The Morgan fingerprint density at radius 2 is 1.77 bits per heavy atom. The average molecular weight is 489 g/mol. The Bertz CT molecular complexity index is 916. The van der Waals surface area contributed by atoms with Crippen LogP contribution in [-0.4, -0.2) is 45.2 Å². The molecule has 0 aromatic rings. The number of ether oxygens (including phenoxy) is 1. The Labute approximate surface area is 211 Å². The van der Waals surface area contributed by atoms with Gasteiger partial charge >= 0.3 is 0 Å². The molecule has 3 N–H and O–H groups in total. The van der Waals surface area contributed by atoms with E-state index in [0.29, 0.717) is 36.4 Å². The molecule has 0 amide bonds. The van der Waals surface area contributed by atoms with Gasteiger partial charge in [-0.3, -0.25) is 4.79 Å². The van der Waals surface area contributed by atoms with Gasteiger partial charge in [0.15, 0.2) is 6.29 Å². The van der Waals surface area contributed by atoms with Gasteiger partial charge in [0.05, 0.1) is 11.7 Å². The topological polar surface area (TPSA) is 87.0 Å². The number of ketones is 1. The minimum Gasteiger partial charge on any atom is -0.388 e. The van der Waals surface area contributed by atoms with Crippen molar-refractivity contribution in [2.45, 2.75) is 124 Å². The van der Waals surface area contributed by atoms with E-state index < -0.39 is 24.1 Å². The summed E-state index contributed by atoms with van der Waals surface area (Å²) in [5.74, 6) is 1.66. The highest BCUT2D eigenvalue weighted by Crippen LogP contribution is 2.73. The number of rotatable bonds is 3. The molecule has 35 heavy (non-hydrogen) atoms. The highest BCUT2D eigenvalue weighted by atomic mass is 16.6. The van der Waals surface area contributed by atoms with E-state index in [1.54, 1.807) is 19.4 Å². The van der Waals surface area contributed by atoms with E-state index in [2.05, 4.69) is 40.7 Å². The number of carbonyl (C=O) groups is 1. The third-order valence-corrected chi connectivity index (χ3v) is 12.4. The van der Waals surface area contributed by atoms with Crippen LogP contribution in [-0.2, 0) is 9.53 Å². The van der Waals surface area contributed by atoms with Crippen LogP contribution in [0.4, 0.5) is 0 Å². The second-order valence-corrected chi connectivity index (χ2v) is 14.6. The number of allylic oxidation sites excluding steroid dienone is 2. The first-order valence-electron chi connectivity index (χ1n) is 14.0. The van der Waals surface area contributed by atoms with E-state index in [1.807, 2.05) is 0 Å². The molecular formula is C30H48O5. The van der Waals surface area contributed by atoms with Crippen LogP contribution in [0, 0.1) is 45.3 Å². The van der Waals surface area contributed by atoms with Crippen LogP contribution >= 0.6 is 0 Å². The molecule has 1 saturated heterocycles. The highest BCUT2D eigenvalue weighted by Gasteiger charge is 2.66. The molecule has 5 nitrogen and oxygen atoms in total. The van der Waals surface area contributed by atoms with Gasteiger partial charge in [0.1, 0.15) is 11.9 Å². The van der Waals surface area contributed by atoms with Crippen molar-refractivity contribution < 1.29 is 24.9 Å². The SMILES string of the molecule is CC(C)(O)[C@H](O)[C@H]1C[C@@H]([C@@H]2CC[C@]3(C)C4=CC[C@H]5C(C)(C)C(=O)CC[C@]5(C)[C@@H]4CC[C@@]23C)[C@H](O)O1. The molecule has 5 heteroatoms. The molecule has 4 aliphatic carbocycles. The molecule has 198 valence electrons. The molecule has 3 saturated carbocycles. The van der Waals surface area contributed by atoms with Gasteiger partial charge in [-0.2, -0.15) is 0 Å². The van der Waals surface area contributed by atoms with Crippen LogP contribution in [0.1, 0.15) is 99.8 Å². The van der Waals surface area contributed by atoms with E-state index >= 15 is 0 Å². The number of carbonyl (C=O) groups excluding carboxylic acids is 1. The molecule has 0 aromatic heterocycles. The zero-order valence-electron chi connectivity index (χ0n) is 22.9. The summed E-state index contributed by atoms with van der Waals surface area (Å²) in [6.45, 7) is 14.9. The van der Waals surface area contributed by atoms with Gasteiger partial charge in [-0.25, -0.2) is 0 Å². The summed E-state index contributed by atoms with van der Waals surface area (Å²) in [5.41, 5.74) is 0.409. The van der Waals surface area contributed by atoms with Crippen LogP contribution in [0.25, 0.3) is 0 Å². The first-order valence-corrected chi connectivity index (χ1v) is 14.0. The zero-order chi connectivity index (χ0) is 25.8. The molecule has 0 unspecified atom stereocenters. The summed E-state index contributed by atoms with van der Waals surface area (Å²) in [7, 11) is 0. The number of Topliss-reactive ketones (excluding diaryl/α,β-unsaturated/α-hetero) is 1. The van der Waals surface area contributed by atoms with Gasteiger partial charge in [-0.05, 0) is 92.8 Å². The van der Waals surface area contributed by atoms with Crippen molar-refractivity contribution in [2.24, 2.45) is 45.3 Å². The zero-order valence-corrected chi connectivity index (χ0v) is 22.9. The van der Waals surface area contributed by atoms with Gasteiger partial charge in [-0.1, -0.05) is 46.3 Å². The predicted octanol–water partition coefficient (Wildman–Crippen LogP) is 5.02. The Hall–Kier alpha value is -0.750. The summed E-state index contributed by atoms with van der Waals surface area (Å²) in [6, 6.07) is 0. The largest absolute Gasteiger partial charge is 0.388 e. The predicted molar refractivity (Wildman–Crippen MR) is 135 cm³/mol. The fraction of sp³-hybridized carbons (Fsp3) is 0.900. The molecule has 0 bridgehead atoms. The van der Waals surface area contributed by atoms with Gasteiger partial charge in [0.25, 0.3) is 0 Å². The standard InChI is InChI=1S/C30H48O5/c1-26(2)22-9-8-20-19(28(22,5)13-12-23(26)31)11-15-29(6)18(10-14-30(20,29)7)17-16-21(35-25(17)33)24(32)27(3,4)34/h8,17-19,21-22,24-25,32-34H,9-16H2,1-7H3/t17-,18-,19+,21+,22-,24+,25+,28+,29-,30+/m0/s1. The maximum atomic E-state index is 12.8. The van der Waals surface area contributed by atoms with Crippen molar-refractivity contribution in [1.29, 1.82) is 0 Å². The van der Waals surface area contributed by atoms with E-state index in [1.165, 1.54) is 0 Å². The fourth-order valence-electron chi connectivity index (χ4n) is 9.98. The Balaban J connectivity index is 1.44. The number of fused-ring (bicyclic) bond motifs is 5. The lowest BCUT2D eigenvalue weighted by atomic mass is 9.41. The van der Waals surface area contributed by atoms with Gasteiger partial charge < -0.3 is 20.1 Å². The maximum absolute atomic E-state index is 12.8. The number of hydrogen-bond acceptors (Lipinski definition) is 5. The lowest BCUT2D eigenvalue weighted by molar-refractivity contribution is -0.172. The third kappa shape index (κ3) is 3.43. The van der Waals surface area contributed by atoms with Crippen molar-refractivity contribution >= 4 is 5.78 Å². The van der Waals surface area contributed by atoms with Crippen molar-refractivity contribution in [2.75, 3.05) is 0 Å². The summed E-state index contributed by atoms with van der Waals surface area (Å²) < 4.78 is 5.86. The first kappa shape index (κ1) is 25.9. The normalized spacial score (nSPS) is 50.2. The Kier molecular flexibility index (Phi) is 5.83. The summed E-state index contributed by atoms with van der Waals surface area (Å²) in [4.78, 5) is 12.8. The minimum atomic E-state index is -1.26. The molecule has 1 aliphatic heterocycles. The van der Waals surface area contributed by atoms with E-state index in [0.717, 1.165) is 38.5 Å². The quantitative estimate of drug-likeness (QED) is 0.486. The van der Waals surface area contributed by atoms with Crippen LogP contribution in [0.2, 0.25) is 0 Å². The number of aliphatic hydroxyl groups is 3. The molecule has 0 radical (unpaired) electrons. The molecule has 0 aromatic carbocycles. The van der Waals surface area contributed by atoms with Gasteiger partial charge in [0, 0.05) is 17.8 Å². The monoisotopic (exact) mass is 488 g/mol. The molecule has 5 aliphatic rings. The van der Waals surface area contributed by atoms with Gasteiger partial charge in [0.2, 0.25) is 0 Å². The molecule has 1 heterocycles. The van der Waals surface area contributed by atoms with Crippen LogP contribution in [0.3, 0.4) is 0 Å². The number of hydrogen-bond donors (Lipinski definition) is 3. The van der Waals surface area contributed by atoms with Crippen LogP contribution in [0.15, 0.2) is 11.6 Å². The van der Waals surface area contributed by atoms with Crippen molar-refractivity contribution in [3.63, 3.8) is 0 Å². The maximum Gasteiger partial charge on any atom is 0.158 e. The molecule has 4 fully saturated rings. The second kappa shape index (κ2) is 7.88. The first-order chi connectivity index (χ1) is 16.1. The molecule has 10 atom stereocenters. The van der Waals surface area contributed by atoms with Gasteiger partial charge in [-0.15, -0.1) is 0 Å². The minimum absolute atomic E-state index is 0.0286. The summed E-state index contributed by atoms with van der Waals surface area (Å²) >= 11 is 0. The Morgan fingerprint density at radius 1 is 1.09 bits per heavy atom. The van der Waals surface area contributed by atoms with Crippen LogP contribution in [0.5, 0.6) is 0 Å². The Morgan fingerprint density at radius 3 is 2.43 bits per heavy atom. The van der Waals surface area contributed by atoms with Crippen molar-refractivity contribution in [3.8, 4) is 0 Å². The van der Waals surface area contributed by atoms with E-state index in [-0.39, 0.29) is 27.6 Å². The average Bonchev–Trinajstić information content (AvgIpc) is 3.26. The lowest BCUT2D eigenvalue weighted by Gasteiger charge is -2.63. The van der Waals surface area contributed by atoms with E-state index in [9.17, 15) is 20.1 Å². The third-order valence-electron chi connectivity index (χ3n) is 12.4. The second-order valence-electron chi connectivity index (χ2n) is 14.6. The summed E-state index contributed by atoms with van der Waals surface area (Å²) in [6.07, 6.45) is 7.78. The lowest BCUT2D eigenvalue weighted by Crippen LogP contribution is -2.57. The highest BCUT2D eigenvalue weighted by molar-refractivity contribution is 5.85. The summed E-state index contributed by atoms with van der Waals surface area (Å²) in [5, 5.41) is 31.9. The van der Waals surface area contributed by atoms with Crippen LogP contribution < -0.4 is 0 Å². The smallest absolute Gasteiger partial charge is 0.158 e. The van der Waals surface area contributed by atoms with Crippen molar-refractivity contribution in [1.82, 2.24) is 0 Å². The van der Waals surface area contributed by atoms with E-state index in [4.69, 9.17) is 4.74 Å². The van der Waals surface area contributed by atoms with Crippen molar-refractivity contribution in [3.05, 3.63) is 11.6 Å². The molecular weight excluding hydrogens is 440 g/mol. The number of aliphatic hydroxyl groups excluding tert-OH is 2. The molecule has 0 spiro atoms.